The number of amides is 1. The van der Waals surface area contributed by atoms with Gasteiger partial charge in [0, 0.05) is 18.7 Å². The van der Waals surface area contributed by atoms with Gasteiger partial charge in [-0.25, -0.2) is 0 Å². The molecule has 33 heavy (non-hydrogen) atoms. The molecule has 0 aromatic heterocycles. The average molecular weight is 515 g/mol. The van der Waals surface area contributed by atoms with E-state index >= 15 is 0 Å². The first kappa shape index (κ1) is 25.6. The quantitative estimate of drug-likeness (QED) is 0.439. The van der Waals surface area contributed by atoms with Crippen LogP contribution in [0.3, 0.4) is 0 Å². The number of likely N-dealkylation sites (tertiary alicyclic amines) is 1. The van der Waals surface area contributed by atoms with E-state index in [1.54, 1.807) is 36.2 Å². The summed E-state index contributed by atoms with van der Waals surface area (Å²) in [7, 11) is 1.75. The van der Waals surface area contributed by atoms with Crippen molar-refractivity contribution < 1.29 is 14.8 Å². The molecule has 2 atom stereocenters. The van der Waals surface area contributed by atoms with Crippen LogP contribution >= 0.6 is 35.6 Å². The summed E-state index contributed by atoms with van der Waals surface area (Å²) in [5.74, 6) is -0.446. The minimum Gasteiger partial charge on any atom is -0.502 e. The van der Waals surface area contributed by atoms with Crippen LogP contribution in [0.2, 0.25) is 10.0 Å². The van der Waals surface area contributed by atoms with Crippen molar-refractivity contribution in [3.05, 3.63) is 67.2 Å². The fourth-order valence-electron chi connectivity index (χ4n) is 5.07. The van der Waals surface area contributed by atoms with Crippen LogP contribution in [0.25, 0.3) is 0 Å². The number of carbonyl (C=O) groups excluding carboxylic acids is 1. The smallest absolute Gasteiger partial charge is 0.314 e. The molecule has 2 aromatic rings. The third kappa shape index (κ3) is 5.06. The molecule has 0 unspecified atom stereocenters. The number of rotatable bonds is 5. The lowest BCUT2D eigenvalue weighted by atomic mass is 9.81. The molecular formula is C23H26Cl3N3O4. The molecule has 0 spiro atoms. The maximum Gasteiger partial charge on any atom is 0.314 e. The molecule has 0 saturated carbocycles. The number of aromatic hydroxyl groups is 1. The molecule has 2 aliphatic rings. The highest BCUT2D eigenvalue weighted by Crippen LogP contribution is 2.44. The average Bonchev–Trinajstić information content (AvgIpc) is 3.29. The topological polar surface area (TPSA) is 86.9 Å². The van der Waals surface area contributed by atoms with Crippen molar-refractivity contribution in [2.45, 2.75) is 44.2 Å². The second kappa shape index (κ2) is 10.5. The van der Waals surface area contributed by atoms with Crippen molar-refractivity contribution in [2.24, 2.45) is 0 Å². The monoisotopic (exact) mass is 513 g/mol. The lowest BCUT2D eigenvalue weighted by Crippen LogP contribution is -2.48. The highest BCUT2D eigenvalue weighted by Gasteiger charge is 2.41. The van der Waals surface area contributed by atoms with Crippen LogP contribution in [0, 0.1) is 10.1 Å². The van der Waals surface area contributed by atoms with E-state index in [0.29, 0.717) is 28.5 Å². The fourth-order valence-corrected chi connectivity index (χ4v) is 5.39. The van der Waals surface area contributed by atoms with Gasteiger partial charge in [-0.1, -0.05) is 35.3 Å². The van der Waals surface area contributed by atoms with Gasteiger partial charge in [-0.3, -0.25) is 19.8 Å². The van der Waals surface area contributed by atoms with Crippen LogP contribution in [0.1, 0.15) is 42.0 Å². The van der Waals surface area contributed by atoms with Crippen LogP contribution in [-0.4, -0.2) is 51.9 Å². The summed E-state index contributed by atoms with van der Waals surface area (Å²) in [6.07, 6.45) is 3.53. The molecule has 0 radical (unpaired) electrons. The Morgan fingerprint density at radius 2 is 1.91 bits per heavy atom. The van der Waals surface area contributed by atoms with E-state index in [9.17, 15) is 20.0 Å². The van der Waals surface area contributed by atoms with E-state index in [4.69, 9.17) is 23.2 Å². The zero-order chi connectivity index (χ0) is 23.0. The molecule has 1 heterocycles. The lowest BCUT2D eigenvalue weighted by Gasteiger charge is -2.43. The minimum absolute atomic E-state index is 0. The summed E-state index contributed by atoms with van der Waals surface area (Å²) in [4.78, 5) is 28.5. The first-order valence-corrected chi connectivity index (χ1v) is 11.5. The lowest BCUT2D eigenvalue weighted by molar-refractivity contribution is -0.386. The van der Waals surface area contributed by atoms with Crippen LogP contribution in [0.5, 0.6) is 5.75 Å². The molecule has 1 fully saturated rings. The van der Waals surface area contributed by atoms with Crippen LogP contribution < -0.4 is 0 Å². The Balaban J connectivity index is 0.00000306. The largest absolute Gasteiger partial charge is 0.502 e. The first-order valence-electron chi connectivity index (χ1n) is 10.7. The first-order chi connectivity index (χ1) is 15.3. The third-order valence-corrected chi connectivity index (χ3v) is 7.35. The van der Waals surface area contributed by atoms with E-state index in [0.717, 1.165) is 37.1 Å². The number of phenolic OH excluding ortho intramolecular Hbond substituents is 1. The maximum absolute atomic E-state index is 13.3. The summed E-state index contributed by atoms with van der Waals surface area (Å²) in [5.41, 5.74) is 1.76. The summed E-state index contributed by atoms with van der Waals surface area (Å²) in [6, 6.07) is 7.95. The van der Waals surface area contributed by atoms with Gasteiger partial charge in [0.15, 0.2) is 5.75 Å². The van der Waals surface area contributed by atoms with Gasteiger partial charge in [0.2, 0.25) is 5.91 Å². The Labute approximate surface area is 208 Å². The summed E-state index contributed by atoms with van der Waals surface area (Å²) >= 11 is 12.1. The predicted molar refractivity (Wildman–Crippen MR) is 131 cm³/mol. The van der Waals surface area contributed by atoms with Crippen molar-refractivity contribution in [1.29, 1.82) is 0 Å². The SMILES string of the molecule is CN(C(=O)Cc1ccc(Cl)c(Cl)c1)[C@H]1c2ccc(O)c([N+](=O)[O-])c2CC[C@@H]1N1CCCC1.Cl. The molecule has 10 heteroatoms. The Kier molecular flexibility index (Phi) is 8.11. The molecule has 178 valence electrons. The summed E-state index contributed by atoms with van der Waals surface area (Å²) in [5, 5.41) is 22.6. The number of phenols is 1. The van der Waals surface area contributed by atoms with Crippen molar-refractivity contribution in [2.75, 3.05) is 20.1 Å². The van der Waals surface area contributed by atoms with Gasteiger partial charge in [0.05, 0.1) is 27.4 Å². The number of likely N-dealkylation sites (N-methyl/N-ethyl adjacent to an activating group) is 1. The molecule has 1 aliphatic carbocycles. The summed E-state index contributed by atoms with van der Waals surface area (Å²) in [6.45, 7) is 1.90. The standard InChI is InChI=1S/C23H25Cl2N3O4.ClH/c1-26(21(30)13-14-4-7-17(24)18(25)12-14)22-15-6-9-20(29)23(28(31)32)16(15)5-8-19(22)27-10-2-3-11-27;/h4,6-7,9,12,19,22,29H,2-3,5,8,10-11,13H2,1H3;1H/t19-,22-;/m0./s1. The zero-order valence-electron chi connectivity index (χ0n) is 18.2. The third-order valence-electron chi connectivity index (χ3n) is 6.61. The van der Waals surface area contributed by atoms with Crippen LogP contribution in [-0.2, 0) is 17.6 Å². The van der Waals surface area contributed by atoms with Crippen molar-refractivity contribution in [3.63, 3.8) is 0 Å². The van der Waals surface area contributed by atoms with Crippen molar-refractivity contribution in [3.8, 4) is 5.75 Å². The highest BCUT2D eigenvalue weighted by molar-refractivity contribution is 6.42. The second-order valence-corrected chi connectivity index (χ2v) is 9.30. The number of fused-ring (bicyclic) bond motifs is 1. The Bertz CT molecular complexity index is 1060. The van der Waals surface area contributed by atoms with Gasteiger partial charge in [0.1, 0.15) is 0 Å². The Hall–Kier alpha value is -2.06. The highest BCUT2D eigenvalue weighted by atomic mass is 35.5. The minimum atomic E-state index is -0.529. The van der Waals surface area contributed by atoms with Gasteiger partial charge in [0.25, 0.3) is 0 Å². The van der Waals surface area contributed by atoms with E-state index in [1.165, 1.54) is 6.07 Å². The summed E-state index contributed by atoms with van der Waals surface area (Å²) < 4.78 is 0. The molecule has 1 aliphatic heterocycles. The zero-order valence-corrected chi connectivity index (χ0v) is 20.5. The Morgan fingerprint density at radius 3 is 2.55 bits per heavy atom. The van der Waals surface area contributed by atoms with Crippen LogP contribution in [0.4, 0.5) is 5.69 Å². The number of nitro benzene ring substituents is 1. The number of nitrogens with zero attached hydrogens (tertiary/aromatic N) is 3. The van der Waals surface area contributed by atoms with E-state index in [2.05, 4.69) is 4.90 Å². The molecule has 2 aromatic carbocycles. The van der Waals surface area contributed by atoms with Gasteiger partial charge in [-0.15, -0.1) is 12.4 Å². The van der Waals surface area contributed by atoms with Crippen LogP contribution in [0.15, 0.2) is 30.3 Å². The van der Waals surface area contributed by atoms with E-state index in [1.807, 2.05) is 0 Å². The molecular weight excluding hydrogens is 489 g/mol. The Morgan fingerprint density at radius 1 is 1.21 bits per heavy atom. The molecule has 1 N–H and O–H groups in total. The van der Waals surface area contributed by atoms with Crippen molar-refractivity contribution >= 4 is 47.2 Å². The molecule has 1 amide bonds. The number of benzene rings is 2. The fraction of sp³-hybridized carbons (Fsp3) is 0.435. The van der Waals surface area contributed by atoms with Gasteiger partial charge in [-0.2, -0.15) is 0 Å². The number of carbonyl (C=O) groups is 1. The predicted octanol–water partition coefficient (Wildman–Crippen LogP) is 5.18. The number of nitro groups is 1. The molecule has 0 bridgehead atoms. The molecule has 4 rings (SSSR count). The number of hydrogen-bond donors (Lipinski definition) is 1. The van der Waals surface area contributed by atoms with Crippen molar-refractivity contribution in [1.82, 2.24) is 9.80 Å². The van der Waals surface area contributed by atoms with E-state index < -0.39 is 4.92 Å². The van der Waals surface area contributed by atoms with Gasteiger partial charge >= 0.3 is 5.69 Å². The van der Waals surface area contributed by atoms with E-state index in [-0.39, 0.29) is 48.3 Å². The molecule has 7 nitrogen and oxygen atoms in total. The van der Waals surface area contributed by atoms with Gasteiger partial charge in [-0.05, 0) is 68.1 Å². The normalized spacial score (nSPS) is 20.1. The maximum atomic E-state index is 13.3. The number of halogens is 3. The molecule has 1 saturated heterocycles. The van der Waals surface area contributed by atoms with Gasteiger partial charge < -0.3 is 10.0 Å². The second-order valence-electron chi connectivity index (χ2n) is 8.48. The number of hydrogen-bond acceptors (Lipinski definition) is 5.